The Labute approximate surface area is 152 Å². The molecule has 2 aromatic heterocycles. The molecular weight excluding hydrogens is 328 g/mol. The molecular formula is C19H24N6O. The van der Waals surface area contributed by atoms with Crippen molar-refractivity contribution in [1.29, 1.82) is 0 Å². The van der Waals surface area contributed by atoms with Crippen molar-refractivity contribution in [3.8, 4) is 0 Å². The Morgan fingerprint density at radius 3 is 2.77 bits per heavy atom. The lowest BCUT2D eigenvalue weighted by atomic mass is 10.1. The Morgan fingerprint density at radius 2 is 2.04 bits per heavy atom. The number of aryl methyl sites for hydroxylation is 2. The molecule has 3 aromatic rings. The molecule has 0 saturated carbocycles. The number of benzene rings is 1. The molecule has 0 atom stereocenters. The zero-order valence-corrected chi connectivity index (χ0v) is 15.6. The van der Waals surface area contributed by atoms with Gasteiger partial charge in [0.15, 0.2) is 0 Å². The summed E-state index contributed by atoms with van der Waals surface area (Å²) in [6.07, 6.45) is 0.747. The highest BCUT2D eigenvalue weighted by Gasteiger charge is 2.14. The number of hydrogen-bond acceptors (Lipinski definition) is 5. The molecule has 2 heterocycles. The second kappa shape index (κ2) is 7.11. The Hall–Kier alpha value is -2.96. The molecule has 0 saturated heterocycles. The van der Waals surface area contributed by atoms with Gasteiger partial charge in [-0.05, 0) is 37.5 Å². The molecule has 1 aromatic carbocycles. The second-order valence-corrected chi connectivity index (χ2v) is 6.97. The van der Waals surface area contributed by atoms with Gasteiger partial charge in [-0.1, -0.05) is 25.5 Å². The second-order valence-electron chi connectivity index (χ2n) is 6.97. The standard InChI is InChI=1S/C19H24N6O/c1-11(2)7-13-9-15(23-19(20)22-13)18(26)21-10-16-14-8-12(3)5-6-17(14)25(4)24-16/h5-6,8-9,11H,7,10H2,1-4H3,(H,21,26)(H2,20,22,23). The average Bonchev–Trinajstić information content (AvgIpc) is 2.86. The van der Waals surface area contributed by atoms with E-state index >= 15 is 0 Å². The lowest BCUT2D eigenvalue weighted by molar-refractivity contribution is 0.0945. The van der Waals surface area contributed by atoms with Crippen molar-refractivity contribution in [2.75, 3.05) is 5.73 Å². The molecule has 0 unspecified atom stereocenters. The summed E-state index contributed by atoms with van der Waals surface area (Å²) in [5.41, 5.74) is 9.82. The van der Waals surface area contributed by atoms with Gasteiger partial charge >= 0.3 is 0 Å². The summed E-state index contributed by atoms with van der Waals surface area (Å²) >= 11 is 0. The number of hydrogen-bond donors (Lipinski definition) is 2. The van der Waals surface area contributed by atoms with Crippen LogP contribution in [0, 0.1) is 12.8 Å². The fourth-order valence-electron chi connectivity index (χ4n) is 2.99. The zero-order chi connectivity index (χ0) is 18.8. The van der Waals surface area contributed by atoms with Crippen molar-refractivity contribution in [3.63, 3.8) is 0 Å². The smallest absolute Gasteiger partial charge is 0.270 e. The summed E-state index contributed by atoms with van der Waals surface area (Å²) < 4.78 is 1.82. The third-order valence-corrected chi connectivity index (χ3v) is 4.15. The highest BCUT2D eigenvalue weighted by molar-refractivity contribution is 5.93. The van der Waals surface area contributed by atoms with Crippen LogP contribution < -0.4 is 11.1 Å². The minimum absolute atomic E-state index is 0.118. The van der Waals surface area contributed by atoms with Crippen molar-refractivity contribution >= 4 is 22.8 Å². The summed E-state index contributed by atoms with van der Waals surface area (Å²) in [4.78, 5) is 20.8. The van der Waals surface area contributed by atoms with Crippen molar-refractivity contribution in [2.24, 2.45) is 13.0 Å². The van der Waals surface area contributed by atoms with Crippen LogP contribution >= 0.6 is 0 Å². The minimum Gasteiger partial charge on any atom is -0.368 e. The molecule has 0 bridgehead atoms. The SMILES string of the molecule is Cc1ccc2c(c1)c(CNC(=O)c1cc(CC(C)C)nc(N)n1)nn2C. The summed E-state index contributed by atoms with van der Waals surface area (Å²) in [7, 11) is 1.90. The number of amides is 1. The summed E-state index contributed by atoms with van der Waals surface area (Å²) in [5, 5.41) is 8.44. The van der Waals surface area contributed by atoms with E-state index in [1.807, 2.05) is 30.8 Å². The number of nitrogen functional groups attached to an aromatic ring is 1. The molecule has 0 aliphatic heterocycles. The van der Waals surface area contributed by atoms with E-state index in [0.717, 1.165) is 34.3 Å². The number of fused-ring (bicyclic) bond motifs is 1. The number of nitrogens with two attached hydrogens (primary N) is 1. The van der Waals surface area contributed by atoms with E-state index in [2.05, 4.69) is 40.3 Å². The maximum Gasteiger partial charge on any atom is 0.270 e. The van der Waals surface area contributed by atoms with Crippen LogP contribution in [-0.4, -0.2) is 25.7 Å². The lowest BCUT2D eigenvalue weighted by Gasteiger charge is -2.08. The van der Waals surface area contributed by atoms with Crippen LogP contribution in [-0.2, 0) is 20.0 Å². The molecule has 26 heavy (non-hydrogen) atoms. The fraction of sp³-hybridized carbons (Fsp3) is 0.368. The van der Waals surface area contributed by atoms with Crippen LogP contribution in [0.1, 0.15) is 41.3 Å². The predicted molar refractivity (Wildman–Crippen MR) is 102 cm³/mol. The Bertz CT molecular complexity index is 960. The van der Waals surface area contributed by atoms with Crippen LogP contribution in [0.25, 0.3) is 10.9 Å². The normalized spacial score (nSPS) is 11.3. The fourth-order valence-corrected chi connectivity index (χ4v) is 2.99. The number of carbonyl (C=O) groups is 1. The molecule has 3 rings (SSSR count). The zero-order valence-electron chi connectivity index (χ0n) is 15.6. The van der Waals surface area contributed by atoms with Gasteiger partial charge in [0, 0.05) is 18.1 Å². The topological polar surface area (TPSA) is 98.7 Å². The number of nitrogens with one attached hydrogen (secondary N) is 1. The van der Waals surface area contributed by atoms with Gasteiger partial charge in [0.05, 0.1) is 17.8 Å². The van der Waals surface area contributed by atoms with Gasteiger partial charge in [0.25, 0.3) is 5.91 Å². The summed E-state index contributed by atoms with van der Waals surface area (Å²) in [6, 6.07) is 7.86. The van der Waals surface area contributed by atoms with Crippen LogP contribution in [0.15, 0.2) is 24.3 Å². The van der Waals surface area contributed by atoms with Gasteiger partial charge in [-0.2, -0.15) is 5.10 Å². The first-order valence-electron chi connectivity index (χ1n) is 8.67. The van der Waals surface area contributed by atoms with Crippen molar-refractivity contribution in [1.82, 2.24) is 25.1 Å². The van der Waals surface area contributed by atoms with E-state index in [-0.39, 0.29) is 17.5 Å². The predicted octanol–water partition coefficient (Wildman–Crippen LogP) is 2.38. The third-order valence-electron chi connectivity index (χ3n) is 4.15. The van der Waals surface area contributed by atoms with E-state index in [1.54, 1.807) is 6.07 Å². The molecule has 7 heteroatoms. The summed E-state index contributed by atoms with van der Waals surface area (Å²) in [5.74, 6) is 0.256. The number of anilines is 1. The highest BCUT2D eigenvalue weighted by atomic mass is 16.1. The number of nitrogens with zero attached hydrogens (tertiary/aromatic N) is 4. The van der Waals surface area contributed by atoms with Crippen LogP contribution in [0.2, 0.25) is 0 Å². The van der Waals surface area contributed by atoms with Crippen molar-refractivity contribution < 1.29 is 4.79 Å². The molecule has 7 nitrogen and oxygen atoms in total. The molecule has 0 spiro atoms. The molecule has 1 amide bonds. The first-order chi connectivity index (χ1) is 12.3. The Balaban J connectivity index is 1.79. The van der Waals surface area contributed by atoms with Crippen molar-refractivity contribution in [2.45, 2.75) is 33.7 Å². The largest absolute Gasteiger partial charge is 0.368 e. The molecule has 0 aliphatic carbocycles. The highest BCUT2D eigenvalue weighted by Crippen LogP contribution is 2.19. The van der Waals surface area contributed by atoms with Gasteiger partial charge in [-0.3, -0.25) is 9.48 Å². The number of rotatable bonds is 5. The Kier molecular flexibility index (Phi) is 4.88. The van der Waals surface area contributed by atoms with Crippen LogP contribution in [0.4, 0.5) is 5.95 Å². The van der Waals surface area contributed by atoms with E-state index in [9.17, 15) is 4.79 Å². The van der Waals surface area contributed by atoms with Crippen LogP contribution in [0.3, 0.4) is 0 Å². The van der Waals surface area contributed by atoms with E-state index in [4.69, 9.17) is 5.73 Å². The van der Waals surface area contributed by atoms with E-state index in [1.165, 1.54) is 0 Å². The third kappa shape index (κ3) is 3.82. The van der Waals surface area contributed by atoms with E-state index in [0.29, 0.717) is 12.5 Å². The van der Waals surface area contributed by atoms with Crippen LogP contribution in [0.5, 0.6) is 0 Å². The molecule has 0 radical (unpaired) electrons. The number of carbonyl (C=O) groups excluding carboxylic acids is 1. The average molecular weight is 352 g/mol. The monoisotopic (exact) mass is 352 g/mol. The Morgan fingerprint density at radius 1 is 1.27 bits per heavy atom. The molecule has 136 valence electrons. The maximum absolute atomic E-state index is 12.5. The quantitative estimate of drug-likeness (QED) is 0.734. The lowest BCUT2D eigenvalue weighted by Crippen LogP contribution is -2.25. The van der Waals surface area contributed by atoms with Crippen molar-refractivity contribution in [3.05, 3.63) is 46.9 Å². The van der Waals surface area contributed by atoms with Gasteiger partial charge in [-0.15, -0.1) is 0 Å². The first-order valence-corrected chi connectivity index (χ1v) is 8.67. The molecule has 0 fully saturated rings. The summed E-state index contributed by atoms with van der Waals surface area (Å²) in [6.45, 7) is 6.54. The molecule has 0 aliphatic rings. The van der Waals surface area contributed by atoms with E-state index < -0.39 is 0 Å². The van der Waals surface area contributed by atoms with Gasteiger partial charge in [-0.25, -0.2) is 9.97 Å². The molecule has 3 N–H and O–H groups in total. The van der Waals surface area contributed by atoms with Gasteiger partial charge in [0.1, 0.15) is 5.69 Å². The first kappa shape index (κ1) is 17.8. The maximum atomic E-state index is 12.5. The minimum atomic E-state index is -0.282. The van der Waals surface area contributed by atoms with Gasteiger partial charge in [0.2, 0.25) is 5.95 Å². The van der Waals surface area contributed by atoms with Gasteiger partial charge < -0.3 is 11.1 Å². The number of aromatic nitrogens is 4.